The number of nitro benzene ring substituents is 1. The van der Waals surface area contributed by atoms with E-state index in [1.54, 1.807) is 14.0 Å². The first-order valence-corrected chi connectivity index (χ1v) is 6.98. The van der Waals surface area contributed by atoms with Gasteiger partial charge in [0.2, 0.25) is 0 Å². The second kappa shape index (κ2) is 7.53. The maximum Gasteiger partial charge on any atom is 0.338 e. The van der Waals surface area contributed by atoms with Gasteiger partial charge in [0, 0.05) is 31.3 Å². The molecule has 0 aliphatic carbocycles. The lowest BCUT2D eigenvalue weighted by Crippen LogP contribution is -2.30. The van der Waals surface area contributed by atoms with E-state index in [2.05, 4.69) is 0 Å². The number of amides is 1. The molecule has 22 heavy (non-hydrogen) atoms. The van der Waals surface area contributed by atoms with Gasteiger partial charge in [-0.2, -0.15) is 0 Å². The summed E-state index contributed by atoms with van der Waals surface area (Å²) >= 11 is 0. The smallest absolute Gasteiger partial charge is 0.338 e. The first-order valence-electron chi connectivity index (χ1n) is 6.98. The number of nitrogens with zero attached hydrogens (tertiary/aromatic N) is 2. The fourth-order valence-corrected chi connectivity index (χ4v) is 2.02. The predicted molar refractivity (Wildman–Crippen MR) is 80.9 cm³/mol. The average Bonchev–Trinajstić information content (AvgIpc) is 2.45. The van der Waals surface area contributed by atoms with Crippen LogP contribution in [0.1, 0.15) is 41.5 Å². The number of carbonyl (C=O) groups excluding carboxylic acids is 2. The lowest BCUT2D eigenvalue weighted by atomic mass is 10.1. The second-order valence-electron chi connectivity index (χ2n) is 5.33. The third kappa shape index (κ3) is 4.54. The largest absolute Gasteiger partial charge is 0.462 e. The number of carbonyl (C=O) groups is 2. The monoisotopic (exact) mass is 308 g/mol. The van der Waals surface area contributed by atoms with Crippen molar-refractivity contribution in [3.05, 3.63) is 39.4 Å². The Morgan fingerprint density at radius 1 is 1.27 bits per heavy atom. The van der Waals surface area contributed by atoms with E-state index in [0.717, 1.165) is 6.07 Å². The van der Waals surface area contributed by atoms with Crippen molar-refractivity contribution in [2.24, 2.45) is 5.92 Å². The van der Waals surface area contributed by atoms with Crippen molar-refractivity contribution in [2.45, 2.75) is 20.8 Å². The van der Waals surface area contributed by atoms with Crippen molar-refractivity contribution in [3.63, 3.8) is 0 Å². The lowest BCUT2D eigenvalue weighted by molar-refractivity contribution is -0.384. The van der Waals surface area contributed by atoms with E-state index in [4.69, 9.17) is 4.74 Å². The molecule has 0 bridgehead atoms. The van der Waals surface area contributed by atoms with Crippen LogP contribution in [0.5, 0.6) is 0 Å². The third-order valence-corrected chi connectivity index (χ3v) is 2.87. The van der Waals surface area contributed by atoms with E-state index in [-0.39, 0.29) is 35.2 Å². The van der Waals surface area contributed by atoms with Gasteiger partial charge in [-0.3, -0.25) is 14.9 Å². The van der Waals surface area contributed by atoms with Gasteiger partial charge in [-0.1, -0.05) is 13.8 Å². The Kier molecular flexibility index (Phi) is 6.03. The Morgan fingerprint density at radius 3 is 2.36 bits per heavy atom. The quantitative estimate of drug-likeness (QED) is 0.457. The Bertz CT molecular complexity index is 583. The summed E-state index contributed by atoms with van der Waals surface area (Å²) in [7, 11) is 1.62. The predicted octanol–water partition coefficient (Wildman–Crippen LogP) is 2.50. The van der Waals surface area contributed by atoms with Crippen LogP contribution in [0, 0.1) is 16.0 Å². The molecule has 0 saturated carbocycles. The Balaban J connectivity index is 3.20. The maximum atomic E-state index is 12.3. The molecule has 0 radical (unpaired) electrons. The van der Waals surface area contributed by atoms with Crippen LogP contribution in [0.2, 0.25) is 0 Å². The number of non-ortho nitro benzene ring substituents is 1. The zero-order chi connectivity index (χ0) is 16.9. The zero-order valence-corrected chi connectivity index (χ0v) is 13.2. The van der Waals surface area contributed by atoms with Crippen molar-refractivity contribution in [3.8, 4) is 0 Å². The minimum Gasteiger partial charge on any atom is -0.462 e. The summed E-state index contributed by atoms with van der Waals surface area (Å²) in [5, 5.41) is 11.0. The van der Waals surface area contributed by atoms with Crippen molar-refractivity contribution in [1.29, 1.82) is 0 Å². The fraction of sp³-hybridized carbons (Fsp3) is 0.467. The molecule has 1 aromatic rings. The zero-order valence-electron chi connectivity index (χ0n) is 13.2. The molecule has 0 saturated heterocycles. The molecule has 0 aliphatic heterocycles. The molecule has 7 nitrogen and oxygen atoms in total. The van der Waals surface area contributed by atoms with Crippen LogP contribution in [0.4, 0.5) is 5.69 Å². The van der Waals surface area contributed by atoms with Crippen LogP contribution in [-0.2, 0) is 4.74 Å². The van der Waals surface area contributed by atoms with Gasteiger partial charge in [-0.15, -0.1) is 0 Å². The first kappa shape index (κ1) is 17.6. The second-order valence-corrected chi connectivity index (χ2v) is 5.33. The number of hydrogen-bond donors (Lipinski definition) is 0. The molecular weight excluding hydrogens is 288 g/mol. The molecule has 0 unspecified atom stereocenters. The molecule has 0 atom stereocenters. The normalized spacial score (nSPS) is 10.4. The Morgan fingerprint density at radius 2 is 1.86 bits per heavy atom. The highest BCUT2D eigenvalue weighted by atomic mass is 16.6. The lowest BCUT2D eigenvalue weighted by Gasteiger charge is -2.19. The molecule has 1 aromatic carbocycles. The van der Waals surface area contributed by atoms with Crippen LogP contribution in [0.3, 0.4) is 0 Å². The molecule has 1 rings (SSSR count). The maximum absolute atomic E-state index is 12.3. The molecule has 0 aliphatic rings. The summed E-state index contributed by atoms with van der Waals surface area (Å²) in [6, 6.07) is 3.60. The highest BCUT2D eigenvalue weighted by Gasteiger charge is 2.20. The Labute approximate surface area is 129 Å². The molecule has 7 heteroatoms. The van der Waals surface area contributed by atoms with Gasteiger partial charge in [0.25, 0.3) is 11.6 Å². The number of esters is 1. The number of benzene rings is 1. The first-order chi connectivity index (χ1) is 10.3. The summed E-state index contributed by atoms with van der Waals surface area (Å²) in [5.74, 6) is -0.799. The van der Waals surface area contributed by atoms with E-state index in [1.807, 2.05) is 13.8 Å². The van der Waals surface area contributed by atoms with Crippen molar-refractivity contribution >= 4 is 17.6 Å². The highest BCUT2D eigenvalue weighted by Crippen LogP contribution is 2.19. The minimum absolute atomic E-state index is 0.00246. The van der Waals surface area contributed by atoms with E-state index in [9.17, 15) is 19.7 Å². The highest BCUT2D eigenvalue weighted by molar-refractivity contribution is 5.98. The van der Waals surface area contributed by atoms with Crippen LogP contribution in [0.25, 0.3) is 0 Å². The van der Waals surface area contributed by atoms with Gasteiger partial charge >= 0.3 is 5.97 Å². The van der Waals surface area contributed by atoms with Gasteiger partial charge in [0.05, 0.1) is 17.1 Å². The average molecular weight is 308 g/mol. The van der Waals surface area contributed by atoms with Crippen LogP contribution < -0.4 is 0 Å². The summed E-state index contributed by atoms with van der Waals surface area (Å²) in [6.45, 7) is 6.22. The van der Waals surface area contributed by atoms with Crippen LogP contribution in [-0.4, -0.2) is 41.9 Å². The Hall–Kier alpha value is -2.44. The molecule has 1 amide bonds. The van der Waals surface area contributed by atoms with E-state index < -0.39 is 10.9 Å². The number of ether oxygens (including phenoxy) is 1. The van der Waals surface area contributed by atoms with Crippen LogP contribution >= 0.6 is 0 Å². The van der Waals surface area contributed by atoms with Gasteiger partial charge < -0.3 is 9.64 Å². The number of hydrogen-bond acceptors (Lipinski definition) is 5. The molecule has 0 N–H and O–H groups in total. The van der Waals surface area contributed by atoms with Gasteiger partial charge in [-0.25, -0.2) is 4.79 Å². The van der Waals surface area contributed by atoms with Crippen molar-refractivity contribution < 1.29 is 19.2 Å². The van der Waals surface area contributed by atoms with Crippen LogP contribution in [0.15, 0.2) is 18.2 Å². The number of nitro groups is 1. The van der Waals surface area contributed by atoms with Crippen molar-refractivity contribution in [1.82, 2.24) is 4.90 Å². The third-order valence-electron chi connectivity index (χ3n) is 2.87. The molecule has 0 aromatic heterocycles. The molecular formula is C15H20N2O5. The summed E-state index contributed by atoms with van der Waals surface area (Å²) < 4.78 is 4.84. The fourth-order valence-electron chi connectivity index (χ4n) is 2.02. The summed E-state index contributed by atoms with van der Waals surface area (Å²) in [5.41, 5.74) is -0.218. The summed E-state index contributed by atoms with van der Waals surface area (Å²) in [4.78, 5) is 35.9. The van der Waals surface area contributed by atoms with Gasteiger partial charge in [0.1, 0.15) is 0 Å². The molecule has 120 valence electrons. The van der Waals surface area contributed by atoms with Crippen molar-refractivity contribution in [2.75, 3.05) is 20.2 Å². The van der Waals surface area contributed by atoms with E-state index >= 15 is 0 Å². The molecule has 0 heterocycles. The van der Waals surface area contributed by atoms with Gasteiger partial charge in [-0.05, 0) is 18.9 Å². The van der Waals surface area contributed by atoms with Gasteiger partial charge in [0.15, 0.2) is 0 Å². The SMILES string of the molecule is CCOC(=O)c1cc(C(=O)N(C)CC(C)C)cc([N+](=O)[O-])c1. The topological polar surface area (TPSA) is 89.8 Å². The standard InChI is InChI=1S/C15H20N2O5/c1-5-22-15(19)12-6-11(7-13(8-12)17(20)21)14(18)16(4)9-10(2)3/h6-8,10H,5,9H2,1-4H3. The minimum atomic E-state index is -0.688. The van der Waals surface area contributed by atoms with E-state index in [1.165, 1.54) is 17.0 Å². The summed E-state index contributed by atoms with van der Waals surface area (Å²) in [6.07, 6.45) is 0. The van der Waals surface area contributed by atoms with E-state index in [0.29, 0.717) is 6.54 Å². The molecule has 0 fully saturated rings. The molecule has 0 spiro atoms. The number of rotatable bonds is 6.